The summed E-state index contributed by atoms with van der Waals surface area (Å²) in [5, 5.41) is 2.73. The van der Waals surface area contributed by atoms with Crippen molar-refractivity contribution in [1.29, 1.82) is 0 Å². The van der Waals surface area contributed by atoms with Gasteiger partial charge in [0, 0.05) is 24.9 Å². The molecule has 7 nitrogen and oxygen atoms in total. The van der Waals surface area contributed by atoms with Crippen molar-refractivity contribution in [2.75, 3.05) is 32.1 Å². The van der Waals surface area contributed by atoms with Crippen LogP contribution in [0.15, 0.2) is 53.4 Å². The molecule has 1 fully saturated rings. The molecule has 8 heteroatoms. The zero-order valence-electron chi connectivity index (χ0n) is 17.8. The van der Waals surface area contributed by atoms with E-state index in [9.17, 15) is 13.2 Å². The highest BCUT2D eigenvalue weighted by atomic mass is 32.2. The molecule has 166 valence electrons. The van der Waals surface area contributed by atoms with Crippen LogP contribution in [-0.4, -0.2) is 45.4 Å². The predicted molar refractivity (Wildman–Crippen MR) is 121 cm³/mol. The van der Waals surface area contributed by atoms with Gasteiger partial charge in [-0.25, -0.2) is 8.42 Å². The van der Waals surface area contributed by atoms with E-state index in [-0.39, 0.29) is 10.8 Å². The van der Waals surface area contributed by atoms with Crippen molar-refractivity contribution < 1.29 is 22.7 Å². The second-order valence-corrected chi connectivity index (χ2v) is 9.06. The number of carbonyl (C=O) groups is 1. The first-order chi connectivity index (χ1) is 14.9. The van der Waals surface area contributed by atoms with Crippen LogP contribution in [0, 0.1) is 0 Å². The lowest BCUT2D eigenvalue weighted by molar-refractivity contribution is -0.111. The molecule has 1 N–H and O–H groups in total. The largest absolute Gasteiger partial charge is 0.497 e. The number of rotatable bonds is 8. The third-order valence-corrected chi connectivity index (χ3v) is 6.91. The van der Waals surface area contributed by atoms with Crippen molar-refractivity contribution in [3.63, 3.8) is 0 Å². The van der Waals surface area contributed by atoms with E-state index >= 15 is 0 Å². The van der Waals surface area contributed by atoms with E-state index in [1.54, 1.807) is 32.2 Å². The van der Waals surface area contributed by atoms with Gasteiger partial charge in [0.05, 0.1) is 13.7 Å². The van der Waals surface area contributed by atoms with Crippen LogP contribution in [0.3, 0.4) is 0 Å². The smallest absolute Gasteiger partial charge is 0.248 e. The van der Waals surface area contributed by atoms with Crippen molar-refractivity contribution in [3.8, 4) is 11.5 Å². The first-order valence-electron chi connectivity index (χ1n) is 10.3. The number of nitrogens with zero attached hydrogens (tertiary/aromatic N) is 1. The van der Waals surface area contributed by atoms with E-state index in [1.807, 2.05) is 24.3 Å². The second-order valence-electron chi connectivity index (χ2n) is 7.16. The average Bonchev–Trinajstić information content (AvgIpc) is 2.79. The third kappa shape index (κ3) is 5.86. The van der Waals surface area contributed by atoms with Crippen LogP contribution in [0.2, 0.25) is 0 Å². The van der Waals surface area contributed by atoms with Crippen molar-refractivity contribution in [3.05, 3.63) is 54.1 Å². The zero-order chi connectivity index (χ0) is 22.3. The number of anilines is 1. The minimum absolute atomic E-state index is 0.0770. The van der Waals surface area contributed by atoms with Crippen LogP contribution in [0.1, 0.15) is 31.7 Å². The molecule has 0 aliphatic carbocycles. The van der Waals surface area contributed by atoms with Crippen LogP contribution in [0.4, 0.5) is 5.69 Å². The Labute approximate surface area is 183 Å². The monoisotopic (exact) mass is 444 g/mol. The molecule has 31 heavy (non-hydrogen) atoms. The number of carbonyl (C=O) groups excluding carboxylic acids is 1. The number of amides is 1. The molecule has 1 amide bonds. The number of nitrogens with one attached hydrogen (secondary N) is 1. The van der Waals surface area contributed by atoms with Gasteiger partial charge in [-0.1, -0.05) is 18.6 Å². The molecule has 2 aromatic rings. The standard InChI is InChI=1S/C23H28N2O5S/c1-3-30-21-13-10-19(17-22(21)31(27,28)25-15-5-4-6-16-25)24-23(26)14-9-18-7-11-20(29-2)12-8-18/h7-14,17H,3-6,15-16H2,1-2H3,(H,24,26). The number of hydrogen-bond acceptors (Lipinski definition) is 5. The van der Waals surface area contributed by atoms with E-state index in [4.69, 9.17) is 9.47 Å². The van der Waals surface area contributed by atoms with Gasteiger partial charge in [-0.3, -0.25) is 4.79 Å². The molecule has 0 bridgehead atoms. The molecule has 1 saturated heterocycles. The van der Waals surface area contributed by atoms with Crippen LogP contribution in [0.25, 0.3) is 6.08 Å². The summed E-state index contributed by atoms with van der Waals surface area (Å²) in [6.07, 6.45) is 5.79. The number of sulfonamides is 1. The van der Waals surface area contributed by atoms with Crippen molar-refractivity contribution >= 4 is 27.7 Å². The Morgan fingerprint density at radius 3 is 2.45 bits per heavy atom. The highest BCUT2D eigenvalue weighted by Crippen LogP contribution is 2.31. The SMILES string of the molecule is CCOc1ccc(NC(=O)C=Cc2ccc(OC)cc2)cc1S(=O)(=O)N1CCCCC1. The number of hydrogen-bond donors (Lipinski definition) is 1. The second kappa shape index (κ2) is 10.5. The van der Waals surface area contributed by atoms with Gasteiger partial charge in [0.25, 0.3) is 0 Å². The van der Waals surface area contributed by atoms with Gasteiger partial charge in [0.1, 0.15) is 16.4 Å². The molecule has 0 spiro atoms. The van der Waals surface area contributed by atoms with E-state index in [2.05, 4.69) is 5.32 Å². The maximum absolute atomic E-state index is 13.2. The number of benzene rings is 2. The van der Waals surface area contributed by atoms with Crippen LogP contribution in [-0.2, 0) is 14.8 Å². The molecular weight excluding hydrogens is 416 g/mol. The first-order valence-corrected chi connectivity index (χ1v) is 11.8. The molecule has 1 aliphatic heterocycles. The lowest BCUT2D eigenvalue weighted by atomic mass is 10.2. The summed E-state index contributed by atoms with van der Waals surface area (Å²) in [4.78, 5) is 12.4. The summed E-state index contributed by atoms with van der Waals surface area (Å²) in [7, 11) is -2.12. The molecule has 0 radical (unpaired) electrons. The van der Waals surface area contributed by atoms with Gasteiger partial charge in [0.15, 0.2) is 0 Å². The van der Waals surface area contributed by atoms with Gasteiger partial charge in [-0.05, 0) is 61.7 Å². The molecular formula is C23H28N2O5S. The van der Waals surface area contributed by atoms with E-state index in [0.29, 0.717) is 31.1 Å². The van der Waals surface area contributed by atoms with Crippen molar-refractivity contribution in [1.82, 2.24) is 4.31 Å². The summed E-state index contributed by atoms with van der Waals surface area (Å²) in [6, 6.07) is 12.0. The third-order valence-electron chi connectivity index (χ3n) is 4.99. The highest BCUT2D eigenvalue weighted by molar-refractivity contribution is 7.89. The summed E-state index contributed by atoms with van der Waals surface area (Å²) < 4.78 is 38.5. The number of ether oxygens (including phenoxy) is 2. The predicted octanol–water partition coefficient (Wildman–Crippen LogP) is 3.92. The van der Waals surface area contributed by atoms with Crippen LogP contribution in [0.5, 0.6) is 11.5 Å². The molecule has 0 atom stereocenters. The van der Waals surface area contributed by atoms with Crippen LogP contribution >= 0.6 is 0 Å². The maximum atomic E-state index is 13.2. The Morgan fingerprint density at radius 1 is 1.10 bits per heavy atom. The Hall–Kier alpha value is -2.84. The Balaban J connectivity index is 1.78. The molecule has 2 aromatic carbocycles. The maximum Gasteiger partial charge on any atom is 0.248 e. The highest BCUT2D eigenvalue weighted by Gasteiger charge is 2.29. The summed E-state index contributed by atoms with van der Waals surface area (Å²) >= 11 is 0. The van der Waals surface area contributed by atoms with E-state index in [1.165, 1.54) is 16.4 Å². The minimum atomic E-state index is -3.71. The fraction of sp³-hybridized carbons (Fsp3) is 0.348. The molecule has 1 aliphatic rings. The van der Waals surface area contributed by atoms with Gasteiger partial charge in [0.2, 0.25) is 15.9 Å². The molecule has 0 aromatic heterocycles. The molecule has 0 unspecified atom stereocenters. The summed E-state index contributed by atoms with van der Waals surface area (Å²) in [5.74, 6) is 0.666. The van der Waals surface area contributed by atoms with Crippen molar-refractivity contribution in [2.45, 2.75) is 31.1 Å². The first kappa shape index (κ1) is 22.8. The van der Waals surface area contributed by atoms with E-state index in [0.717, 1.165) is 30.6 Å². The fourth-order valence-corrected chi connectivity index (χ4v) is 5.05. The van der Waals surface area contributed by atoms with E-state index < -0.39 is 10.0 Å². The number of methoxy groups -OCH3 is 1. The summed E-state index contributed by atoms with van der Waals surface area (Å²) in [5.41, 5.74) is 1.24. The molecule has 3 rings (SSSR count). The van der Waals surface area contributed by atoms with Crippen molar-refractivity contribution in [2.24, 2.45) is 0 Å². The van der Waals surface area contributed by atoms with Gasteiger partial charge < -0.3 is 14.8 Å². The Morgan fingerprint density at radius 2 is 1.81 bits per heavy atom. The quantitative estimate of drug-likeness (QED) is 0.624. The lowest BCUT2D eigenvalue weighted by Gasteiger charge is -2.26. The summed E-state index contributed by atoms with van der Waals surface area (Å²) in [6.45, 7) is 3.14. The average molecular weight is 445 g/mol. The topological polar surface area (TPSA) is 84.9 Å². The normalized spacial score (nSPS) is 15.0. The molecule has 1 heterocycles. The Kier molecular flexibility index (Phi) is 7.70. The molecule has 0 saturated carbocycles. The number of piperidine rings is 1. The minimum Gasteiger partial charge on any atom is -0.497 e. The lowest BCUT2D eigenvalue weighted by Crippen LogP contribution is -2.35. The van der Waals surface area contributed by atoms with Gasteiger partial charge in [-0.2, -0.15) is 4.31 Å². The van der Waals surface area contributed by atoms with Gasteiger partial charge in [-0.15, -0.1) is 0 Å². The van der Waals surface area contributed by atoms with Gasteiger partial charge >= 0.3 is 0 Å². The fourth-order valence-electron chi connectivity index (χ4n) is 3.38. The zero-order valence-corrected chi connectivity index (χ0v) is 18.7. The van der Waals surface area contributed by atoms with Crippen LogP contribution < -0.4 is 14.8 Å². The Bertz CT molecular complexity index is 1030.